The number of benzene rings is 2. The van der Waals surface area contributed by atoms with E-state index < -0.39 is 0 Å². The summed E-state index contributed by atoms with van der Waals surface area (Å²) in [6.45, 7) is 3.64. The first-order chi connectivity index (χ1) is 12.5. The summed E-state index contributed by atoms with van der Waals surface area (Å²) in [6, 6.07) is 14.0. The highest BCUT2D eigenvalue weighted by Gasteiger charge is 2.10. The third-order valence-corrected chi connectivity index (χ3v) is 3.63. The van der Waals surface area contributed by atoms with Gasteiger partial charge in [0.2, 0.25) is 5.91 Å². The van der Waals surface area contributed by atoms with Gasteiger partial charge in [0.15, 0.2) is 0 Å². The summed E-state index contributed by atoms with van der Waals surface area (Å²) in [6.07, 6.45) is 1.46. The molecule has 0 fully saturated rings. The van der Waals surface area contributed by atoms with Gasteiger partial charge in [0.1, 0.15) is 6.33 Å². The molecule has 0 unspecified atom stereocenters. The van der Waals surface area contributed by atoms with Crippen molar-refractivity contribution in [3.05, 3.63) is 60.4 Å². The number of amides is 2. The van der Waals surface area contributed by atoms with Crippen LogP contribution in [0.4, 0.5) is 11.4 Å². The molecule has 8 nitrogen and oxygen atoms in total. The van der Waals surface area contributed by atoms with Gasteiger partial charge >= 0.3 is 0 Å². The number of carbonyl (C=O) groups is 2. The van der Waals surface area contributed by atoms with Gasteiger partial charge in [0, 0.05) is 22.9 Å². The molecular formula is C18H18N6O2. The minimum absolute atomic E-state index is 0.0809. The topological polar surface area (TPSA) is 102 Å². The van der Waals surface area contributed by atoms with Crippen molar-refractivity contribution in [3.63, 3.8) is 0 Å². The lowest BCUT2D eigenvalue weighted by Gasteiger charge is -2.10. The lowest BCUT2D eigenvalue weighted by atomic mass is 10.1. The van der Waals surface area contributed by atoms with E-state index in [1.807, 2.05) is 13.8 Å². The number of aromatic nitrogens is 4. The van der Waals surface area contributed by atoms with Crippen LogP contribution in [0.15, 0.2) is 54.9 Å². The number of nitrogens with zero attached hydrogens (tertiary/aromatic N) is 4. The minimum atomic E-state index is -0.271. The third-order valence-electron chi connectivity index (χ3n) is 3.63. The fraction of sp³-hybridized carbons (Fsp3) is 0.167. The molecule has 0 aliphatic rings. The number of carbonyl (C=O) groups excluding carboxylic acids is 2. The van der Waals surface area contributed by atoms with E-state index in [0.717, 1.165) is 0 Å². The molecule has 2 N–H and O–H groups in total. The van der Waals surface area contributed by atoms with Crippen LogP contribution in [-0.4, -0.2) is 32.0 Å². The first-order valence-corrected chi connectivity index (χ1v) is 8.08. The van der Waals surface area contributed by atoms with Crippen LogP contribution >= 0.6 is 0 Å². The van der Waals surface area contributed by atoms with Crippen LogP contribution in [0.3, 0.4) is 0 Å². The number of anilines is 2. The summed E-state index contributed by atoms with van der Waals surface area (Å²) in [4.78, 5) is 24.3. The van der Waals surface area contributed by atoms with Crippen molar-refractivity contribution < 1.29 is 9.59 Å². The second-order valence-corrected chi connectivity index (χ2v) is 5.98. The predicted octanol–water partition coefficient (Wildman–Crippen LogP) is 2.51. The van der Waals surface area contributed by atoms with Gasteiger partial charge in [-0.05, 0) is 46.8 Å². The highest BCUT2D eigenvalue weighted by Crippen LogP contribution is 2.17. The van der Waals surface area contributed by atoms with Gasteiger partial charge in [-0.15, -0.1) is 5.10 Å². The molecule has 0 aliphatic carbocycles. The highest BCUT2D eigenvalue weighted by atomic mass is 16.2. The Kier molecular flexibility index (Phi) is 5.02. The summed E-state index contributed by atoms with van der Waals surface area (Å²) in [5.41, 5.74) is 2.36. The average Bonchev–Trinajstić information content (AvgIpc) is 3.17. The normalized spacial score (nSPS) is 10.6. The van der Waals surface area contributed by atoms with Gasteiger partial charge < -0.3 is 10.6 Å². The predicted molar refractivity (Wildman–Crippen MR) is 97.0 cm³/mol. The fourth-order valence-corrected chi connectivity index (χ4v) is 2.23. The molecule has 3 aromatic rings. The molecule has 0 saturated heterocycles. The highest BCUT2D eigenvalue weighted by molar-refractivity contribution is 6.05. The minimum Gasteiger partial charge on any atom is -0.326 e. The molecule has 1 heterocycles. The summed E-state index contributed by atoms with van der Waals surface area (Å²) >= 11 is 0. The van der Waals surface area contributed by atoms with Crippen LogP contribution in [0.5, 0.6) is 0 Å². The van der Waals surface area contributed by atoms with E-state index in [-0.39, 0.29) is 17.7 Å². The first kappa shape index (κ1) is 17.3. The summed E-state index contributed by atoms with van der Waals surface area (Å²) in [5.74, 6) is -0.475. The SMILES string of the molecule is CC(C)C(=O)Nc1cccc(NC(=O)c2cccc(-n3cnnn3)c2)c1. The van der Waals surface area contributed by atoms with Gasteiger partial charge in [0.05, 0.1) is 5.69 Å². The van der Waals surface area contributed by atoms with Gasteiger partial charge in [-0.3, -0.25) is 9.59 Å². The molecule has 26 heavy (non-hydrogen) atoms. The van der Waals surface area contributed by atoms with Crippen molar-refractivity contribution in [1.29, 1.82) is 0 Å². The van der Waals surface area contributed by atoms with E-state index >= 15 is 0 Å². The van der Waals surface area contributed by atoms with Crippen LogP contribution in [0, 0.1) is 5.92 Å². The average molecular weight is 350 g/mol. The third kappa shape index (κ3) is 4.10. The maximum absolute atomic E-state index is 12.5. The number of hydrogen-bond acceptors (Lipinski definition) is 5. The Morgan fingerprint density at radius 1 is 1.00 bits per heavy atom. The molecule has 0 spiro atoms. The standard InChI is InChI=1S/C18H18N6O2/c1-12(2)17(25)20-14-6-4-7-15(10-14)21-18(26)13-5-3-8-16(9-13)24-11-19-22-23-24/h3-12H,1-2H3,(H,20,25)(H,21,26). The lowest BCUT2D eigenvalue weighted by Crippen LogP contribution is -2.18. The summed E-state index contributed by atoms with van der Waals surface area (Å²) < 4.78 is 1.47. The molecule has 0 radical (unpaired) electrons. The quantitative estimate of drug-likeness (QED) is 0.736. The first-order valence-electron chi connectivity index (χ1n) is 8.08. The Labute approximate surface area is 150 Å². The Morgan fingerprint density at radius 2 is 1.73 bits per heavy atom. The Balaban J connectivity index is 1.74. The van der Waals surface area contributed by atoms with Crippen molar-refractivity contribution in [3.8, 4) is 5.69 Å². The van der Waals surface area contributed by atoms with E-state index in [0.29, 0.717) is 22.6 Å². The molecule has 1 aromatic heterocycles. The van der Waals surface area contributed by atoms with Crippen LogP contribution in [0.25, 0.3) is 5.69 Å². The van der Waals surface area contributed by atoms with Crippen LogP contribution in [0.2, 0.25) is 0 Å². The van der Waals surface area contributed by atoms with Crippen molar-refractivity contribution in [2.75, 3.05) is 10.6 Å². The maximum Gasteiger partial charge on any atom is 0.255 e. The zero-order chi connectivity index (χ0) is 18.5. The van der Waals surface area contributed by atoms with Crippen molar-refractivity contribution in [1.82, 2.24) is 20.2 Å². The van der Waals surface area contributed by atoms with Crippen LogP contribution in [0.1, 0.15) is 24.2 Å². The summed E-state index contributed by atoms with van der Waals surface area (Å²) in [5, 5.41) is 16.6. The van der Waals surface area contributed by atoms with E-state index in [1.165, 1.54) is 11.0 Å². The van der Waals surface area contributed by atoms with Gasteiger partial charge in [-0.25, -0.2) is 4.68 Å². The molecular weight excluding hydrogens is 332 g/mol. The Bertz CT molecular complexity index is 921. The van der Waals surface area contributed by atoms with Gasteiger partial charge in [0.25, 0.3) is 5.91 Å². The number of tetrazole rings is 1. The van der Waals surface area contributed by atoms with Gasteiger partial charge in [-0.2, -0.15) is 0 Å². The van der Waals surface area contributed by atoms with Crippen molar-refractivity contribution in [2.24, 2.45) is 5.92 Å². The maximum atomic E-state index is 12.5. The van der Waals surface area contributed by atoms with E-state index in [1.54, 1.807) is 48.5 Å². The Hall–Kier alpha value is -3.55. The lowest BCUT2D eigenvalue weighted by molar-refractivity contribution is -0.118. The van der Waals surface area contributed by atoms with Crippen LogP contribution < -0.4 is 10.6 Å². The van der Waals surface area contributed by atoms with E-state index in [9.17, 15) is 9.59 Å². The molecule has 0 aliphatic heterocycles. The molecule has 8 heteroatoms. The molecule has 132 valence electrons. The second-order valence-electron chi connectivity index (χ2n) is 5.98. The van der Waals surface area contributed by atoms with Crippen molar-refractivity contribution >= 4 is 23.2 Å². The smallest absolute Gasteiger partial charge is 0.255 e. The van der Waals surface area contributed by atoms with Crippen molar-refractivity contribution in [2.45, 2.75) is 13.8 Å². The van der Waals surface area contributed by atoms with E-state index in [2.05, 4.69) is 26.2 Å². The molecule has 0 atom stereocenters. The monoisotopic (exact) mass is 350 g/mol. The molecule has 2 aromatic carbocycles. The number of rotatable bonds is 5. The molecule has 0 bridgehead atoms. The largest absolute Gasteiger partial charge is 0.326 e. The number of nitrogens with one attached hydrogen (secondary N) is 2. The van der Waals surface area contributed by atoms with Gasteiger partial charge in [-0.1, -0.05) is 26.0 Å². The molecule has 0 saturated carbocycles. The second kappa shape index (κ2) is 7.56. The Morgan fingerprint density at radius 3 is 2.42 bits per heavy atom. The summed E-state index contributed by atoms with van der Waals surface area (Å²) in [7, 11) is 0. The van der Waals surface area contributed by atoms with Crippen LogP contribution in [-0.2, 0) is 4.79 Å². The fourth-order valence-electron chi connectivity index (χ4n) is 2.23. The number of hydrogen-bond donors (Lipinski definition) is 2. The molecule has 3 rings (SSSR count). The zero-order valence-corrected chi connectivity index (χ0v) is 14.4. The zero-order valence-electron chi connectivity index (χ0n) is 14.4. The molecule has 2 amide bonds. The van der Waals surface area contributed by atoms with E-state index in [4.69, 9.17) is 0 Å².